The molecule has 1 aliphatic heterocycles. The van der Waals surface area contributed by atoms with Crippen LogP contribution in [0.1, 0.15) is 0 Å². The third kappa shape index (κ3) is 1.92. The highest BCUT2D eigenvalue weighted by Gasteiger charge is 2.60. The third-order valence-corrected chi connectivity index (χ3v) is 6.67. The lowest BCUT2D eigenvalue weighted by Gasteiger charge is -2.31. The Morgan fingerprint density at radius 3 is 2.32 bits per heavy atom. The molecule has 0 atom stereocenters. The van der Waals surface area contributed by atoms with Gasteiger partial charge in [0.1, 0.15) is 11.4 Å². The summed E-state index contributed by atoms with van der Waals surface area (Å²) >= 11 is 0. The second-order valence-corrected chi connectivity index (χ2v) is 7.98. The molecule has 22 heavy (non-hydrogen) atoms. The number of aliphatic imine (C=N–C) groups is 1. The summed E-state index contributed by atoms with van der Waals surface area (Å²) in [7, 11) is -10.6. The molecular weight excluding hydrogens is 334 g/mol. The Labute approximate surface area is 125 Å². The molecule has 116 valence electrons. The zero-order chi connectivity index (χ0) is 16.2. The molecule has 1 aliphatic carbocycles. The van der Waals surface area contributed by atoms with Crippen molar-refractivity contribution >= 4 is 31.6 Å². The van der Waals surface area contributed by atoms with Crippen LogP contribution in [-0.2, 0) is 20.2 Å². The number of hydrogen-bond donors (Lipinski definition) is 2. The Hall–Kier alpha value is -2.01. The number of nitrogens with zero attached hydrogens (tertiary/aromatic N) is 1. The summed E-state index contributed by atoms with van der Waals surface area (Å²) in [6.45, 7) is 0. The van der Waals surface area contributed by atoms with Crippen LogP contribution in [0.25, 0.3) is 0 Å². The highest BCUT2D eigenvalue weighted by molar-refractivity contribution is 8.07. The number of benzene rings is 1. The van der Waals surface area contributed by atoms with Gasteiger partial charge in [0, 0.05) is 0 Å². The van der Waals surface area contributed by atoms with Crippen LogP contribution in [0.4, 0.5) is 5.69 Å². The minimum Gasteiger partial charge on any atom is -0.453 e. The quantitative estimate of drug-likeness (QED) is 0.768. The van der Waals surface area contributed by atoms with Gasteiger partial charge in [-0.2, -0.15) is 16.8 Å². The van der Waals surface area contributed by atoms with E-state index in [1.165, 1.54) is 12.1 Å². The van der Waals surface area contributed by atoms with Crippen molar-refractivity contribution in [2.75, 3.05) is 0 Å². The molecule has 0 unspecified atom stereocenters. The fourth-order valence-electron chi connectivity index (χ4n) is 2.23. The molecule has 0 saturated heterocycles. The first-order valence-corrected chi connectivity index (χ1v) is 8.75. The number of fused-ring (bicyclic) bond motifs is 2. The van der Waals surface area contributed by atoms with Crippen molar-refractivity contribution in [1.82, 2.24) is 0 Å². The van der Waals surface area contributed by atoms with Gasteiger partial charge in [-0.25, -0.2) is 4.99 Å². The van der Waals surface area contributed by atoms with E-state index in [0.717, 1.165) is 6.08 Å². The second kappa shape index (κ2) is 4.49. The van der Waals surface area contributed by atoms with E-state index in [9.17, 15) is 25.9 Å². The number of ether oxygens (including phenoxy) is 1. The molecule has 0 radical (unpaired) electrons. The first-order chi connectivity index (χ1) is 10.2. The second-order valence-electron chi connectivity index (χ2n) is 4.54. The van der Waals surface area contributed by atoms with Gasteiger partial charge in [-0.3, -0.25) is 9.11 Å². The molecule has 0 aromatic heterocycles. The van der Waals surface area contributed by atoms with Gasteiger partial charge in [-0.1, -0.05) is 18.2 Å². The van der Waals surface area contributed by atoms with Gasteiger partial charge in [0.25, 0.3) is 24.3 Å². The Kier molecular flexibility index (Phi) is 3.04. The molecule has 0 amide bonds. The van der Waals surface area contributed by atoms with E-state index >= 15 is 0 Å². The van der Waals surface area contributed by atoms with Crippen LogP contribution >= 0.6 is 0 Å². The van der Waals surface area contributed by atoms with E-state index in [-0.39, 0.29) is 17.2 Å². The predicted octanol–water partition coefficient (Wildman–Crippen LogP) is 1.08. The van der Waals surface area contributed by atoms with Gasteiger partial charge in [0.05, 0.1) is 0 Å². The van der Waals surface area contributed by atoms with E-state index in [4.69, 9.17) is 4.74 Å². The van der Waals surface area contributed by atoms with Gasteiger partial charge in [0.15, 0.2) is 11.5 Å². The summed E-state index contributed by atoms with van der Waals surface area (Å²) in [5.74, 6) is 0.0869. The van der Waals surface area contributed by atoms with Crippen molar-refractivity contribution in [2.45, 2.75) is 4.08 Å². The van der Waals surface area contributed by atoms with Crippen molar-refractivity contribution < 1.29 is 30.7 Å². The van der Waals surface area contributed by atoms with Crippen LogP contribution in [0.2, 0.25) is 0 Å². The van der Waals surface area contributed by atoms with Crippen LogP contribution in [-0.4, -0.2) is 35.7 Å². The molecule has 2 aliphatic rings. The van der Waals surface area contributed by atoms with E-state index in [1.54, 1.807) is 18.2 Å². The standard InChI is InChI=1S/C12H9NO7S2/c14-21(15,16)12(22(17,18)19)7-3-6-10-11(12)13-8-4-1-2-5-9(8)20-10/h1-7H,(H,14,15,16)(H,17,18,19). The summed E-state index contributed by atoms with van der Waals surface area (Å²) in [5.41, 5.74) is -0.458. The van der Waals surface area contributed by atoms with Crippen LogP contribution in [0.3, 0.4) is 0 Å². The van der Waals surface area contributed by atoms with Gasteiger partial charge >= 0.3 is 0 Å². The largest absolute Gasteiger partial charge is 0.453 e. The molecule has 0 saturated carbocycles. The Morgan fingerprint density at radius 1 is 1.05 bits per heavy atom. The topological polar surface area (TPSA) is 130 Å². The van der Waals surface area contributed by atoms with Crippen molar-refractivity contribution in [2.24, 2.45) is 4.99 Å². The monoisotopic (exact) mass is 343 g/mol. The molecule has 1 aromatic rings. The first-order valence-electron chi connectivity index (χ1n) is 5.87. The van der Waals surface area contributed by atoms with Crippen LogP contribution < -0.4 is 4.74 Å². The van der Waals surface area contributed by atoms with Crippen molar-refractivity contribution in [3.8, 4) is 5.75 Å². The van der Waals surface area contributed by atoms with Crippen LogP contribution in [0.15, 0.2) is 53.2 Å². The maximum Gasteiger partial charge on any atom is 0.297 e. The Balaban J connectivity index is 2.39. The lowest BCUT2D eigenvalue weighted by molar-refractivity contribution is 0.432. The number of allylic oxidation sites excluding steroid dienone is 3. The molecular formula is C12H9NO7S2. The van der Waals surface area contributed by atoms with E-state index in [1.807, 2.05) is 0 Å². The SMILES string of the molecule is O=S(=O)(O)C1(S(=O)(=O)O)C=CC=C2Oc3ccccc3N=C21. The molecule has 0 fully saturated rings. The minimum atomic E-state index is -5.29. The Bertz CT molecular complexity index is 923. The average Bonchev–Trinajstić information content (AvgIpc) is 2.41. The summed E-state index contributed by atoms with van der Waals surface area (Å²) in [6.07, 6.45) is 2.96. The number of hydrogen-bond acceptors (Lipinski definition) is 6. The van der Waals surface area contributed by atoms with Crippen LogP contribution in [0.5, 0.6) is 5.75 Å². The van der Waals surface area contributed by atoms with E-state index < -0.39 is 30.0 Å². The molecule has 2 N–H and O–H groups in total. The summed E-state index contributed by atoms with van der Waals surface area (Å²) < 4.78 is 68.0. The number of para-hydroxylation sites is 2. The zero-order valence-corrected chi connectivity index (χ0v) is 12.4. The zero-order valence-electron chi connectivity index (χ0n) is 10.7. The van der Waals surface area contributed by atoms with Crippen molar-refractivity contribution in [3.63, 3.8) is 0 Å². The highest BCUT2D eigenvalue weighted by Crippen LogP contribution is 2.41. The Morgan fingerprint density at radius 2 is 1.68 bits per heavy atom. The lowest BCUT2D eigenvalue weighted by atomic mass is 10.1. The van der Waals surface area contributed by atoms with E-state index in [0.29, 0.717) is 6.08 Å². The summed E-state index contributed by atoms with van der Waals surface area (Å²) in [6, 6.07) is 6.26. The van der Waals surface area contributed by atoms with Crippen molar-refractivity contribution in [1.29, 1.82) is 0 Å². The molecule has 0 spiro atoms. The van der Waals surface area contributed by atoms with Gasteiger partial charge in [-0.05, 0) is 24.3 Å². The maximum absolute atomic E-state index is 11.7. The minimum absolute atomic E-state index is 0.168. The third-order valence-electron chi connectivity index (χ3n) is 3.21. The van der Waals surface area contributed by atoms with E-state index in [2.05, 4.69) is 4.99 Å². The smallest absolute Gasteiger partial charge is 0.297 e. The van der Waals surface area contributed by atoms with Gasteiger partial charge < -0.3 is 4.74 Å². The maximum atomic E-state index is 11.7. The molecule has 10 heteroatoms. The summed E-state index contributed by atoms with van der Waals surface area (Å²) in [5, 5.41) is 0. The fourth-order valence-corrected chi connectivity index (χ4v) is 4.58. The molecule has 1 heterocycles. The summed E-state index contributed by atoms with van der Waals surface area (Å²) in [4.78, 5) is 3.95. The first kappa shape index (κ1) is 14.9. The lowest BCUT2D eigenvalue weighted by Crippen LogP contribution is -2.53. The molecule has 8 nitrogen and oxygen atoms in total. The fraction of sp³-hybridized carbons (Fsp3) is 0.0833. The number of rotatable bonds is 2. The van der Waals surface area contributed by atoms with Crippen molar-refractivity contribution in [3.05, 3.63) is 48.3 Å². The molecule has 3 rings (SSSR count). The average molecular weight is 343 g/mol. The highest BCUT2D eigenvalue weighted by atomic mass is 32.3. The normalized spacial score (nSPS) is 19.4. The van der Waals surface area contributed by atoms with Gasteiger partial charge in [0.2, 0.25) is 0 Å². The van der Waals surface area contributed by atoms with Gasteiger partial charge in [-0.15, -0.1) is 0 Å². The van der Waals surface area contributed by atoms with Crippen LogP contribution in [0, 0.1) is 0 Å². The molecule has 0 bridgehead atoms. The molecule has 1 aromatic carbocycles. The predicted molar refractivity (Wildman–Crippen MR) is 77.2 cm³/mol.